The molecule has 0 unspecified atom stereocenters. The number of hydrogen-bond donors (Lipinski definition) is 0. The Morgan fingerprint density at radius 3 is 1.69 bits per heavy atom. The molecule has 11 aromatic rings. The van der Waals surface area contributed by atoms with Crippen molar-refractivity contribution in [1.29, 1.82) is 0 Å². The van der Waals surface area contributed by atoms with E-state index in [0.717, 1.165) is 44.0 Å². The fourth-order valence-corrected chi connectivity index (χ4v) is 8.03. The van der Waals surface area contributed by atoms with Crippen molar-refractivity contribution in [3.05, 3.63) is 235 Å². The van der Waals surface area contributed by atoms with Gasteiger partial charge < -0.3 is 19.4 Å². The molecular weight excluding hydrogens is 959 g/mol. The van der Waals surface area contributed by atoms with E-state index >= 15 is 0 Å². The van der Waals surface area contributed by atoms with Crippen LogP contribution in [0, 0.1) is 18.2 Å². The number of rotatable bonds is 11. The molecule has 0 amide bonds. The Kier molecular flexibility index (Phi) is 9.17. The standard InChI is InChI=1S/C58H40N5.Ir/c1-2-10-44(11-3-1)51-30-33-62-58-52-29-28-47(37-55(52)63-39-59-38-56(63)57(51)58)49-12-4-5-13-50(49)48-35-42(18-16-40-20-24-45(25-21-40)53-14-6-8-31-60-53)34-43(36-48)19-17-41-22-26-46(27-23-41)54-15-7-9-32-61-54;/h1-15,20-24,26,28,30-39H,16-19H2;/q-3;+3/i16D2,17D2,18D2,19D2;. The predicted octanol–water partition coefficient (Wildman–Crippen LogP) is 13.1. The van der Waals surface area contributed by atoms with Gasteiger partial charge in [0, 0.05) is 29.6 Å². The molecule has 11 rings (SSSR count). The van der Waals surface area contributed by atoms with E-state index < -0.39 is 25.5 Å². The number of aryl methyl sites for hydroxylation is 4. The van der Waals surface area contributed by atoms with Crippen molar-refractivity contribution >= 4 is 27.3 Å². The molecule has 5 aromatic heterocycles. The quantitative estimate of drug-likeness (QED) is 0.0957. The maximum absolute atomic E-state index is 9.64. The topological polar surface area (TPSA) is 56.0 Å². The van der Waals surface area contributed by atoms with Gasteiger partial charge in [-0.2, -0.15) is 0 Å². The second-order valence-electron chi connectivity index (χ2n) is 15.0. The second kappa shape index (κ2) is 18.2. The van der Waals surface area contributed by atoms with Gasteiger partial charge in [0.15, 0.2) is 0 Å². The molecule has 5 nitrogen and oxygen atoms in total. The predicted molar refractivity (Wildman–Crippen MR) is 255 cm³/mol. The maximum Gasteiger partial charge on any atom is 3.00 e. The van der Waals surface area contributed by atoms with Crippen LogP contribution in [0.4, 0.5) is 0 Å². The number of imidazole rings is 1. The minimum atomic E-state index is -2.80. The van der Waals surface area contributed by atoms with Crippen LogP contribution in [-0.2, 0) is 45.6 Å². The summed E-state index contributed by atoms with van der Waals surface area (Å²) in [5.74, 6) is 0. The number of nitrogens with zero attached hydrogens (tertiary/aromatic N) is 5. The first-order valence-electron chi connectivity index (χ1n) is 24.5. The Morgan fingerprint density at radius 2 is 1.08 bits per heavy atom. The normalized spacial score (nSPS) is 14.0. The van der Waals surface area contributed by atoms with Crippen molar-refractivity contribution in [3.63, 3.8) is 0 Å². The van der Waals surface area contributed by atoms with Gasteiger partial charge in [-0.1, -0.05) is 121 Å². The van der Waals surface area contributed by atoms with Crippen molar-refractivity contribution in [1.82, 2.24) is 24.3 Å². The molecule has 0 atom stereocenters. The fraction of sp³-hybridized carbons (Fsp3) is 0.0690. The number of hydrogen-bond acceptors (Lipinski definition) is 4. The number of benzene rings is 6. The molecule has 5 heterocycles. The van der Waals surface area contributed by atoms with Crippen LogP contribution in [0.3, 0.4) is 0 Å². The molecule has 0 saturated heterocycles. The molecule has 0 spiro atoms. The zero-order valence-corrected chi connectivity index (χ0v) is 36.4. The average Bonchev–Trinajstić information content (AvgIpc) is 3.92. The Hall–Kier alpha value is -7.37. The second-order valence-corrected chi connectivity index (χ2v) is 15.0. The summed E-state index contributed by atoms with van der Waals surface area (Å²) in [6.45, 7) is 0. The van der Waals surface area contributed by atoms with Gasteiger partial charge in [0.2, 0.25) is 0 Å². The van der Waals surface area contributed by atoms with Gasteiger partial charge in [0.05, 0.1) is 18.0 Å². The summed E-state index contributed by atoms with van der Waals surface area (Å²) >= 11 is 0. The molecule has 0 N–H and O–H groups in total. The van der Waals surface area contributed by atoms with Crippen LogP contribution < -0.4 is 0 Å². The Balaban J connectivity index is 0.00000596. The average molecular weight is 1010 g/mol. The molecule has 0 saturated carbocycles. The summed E-state index contributed by atoms with van der Waals surface area (Å²) in [7, 11) is 0. The smallest absolute Gasteiger partial charge is 0.341 e. The molecule has 0 aliphatic rings. The van der Waals surface area contributed by atoms with Crippen LogP contribution in [0.2, 0.25) is 0 Å². The molecule has 0 aliphatic carbocycles. The summed E-state index contributed by atoms with van der Waals surface area (Å²) in [6, 6.07) is 57.5. The van der Waals surface area contributed by atoms with Crippen LogP contribution >= 0.6 is 0 Å². The van der Waals surface area contributed by atoms with Gasteiger partial charge in [-0.3, -0.25) is 0 Å². The molecular formula is C58H40IrN5. The van der Waals surface area contributed by atoms with Gasteiger partial charge >= 0.3 is 20.1 Å². The molecule has 6 heteroatoms. The first-order valence-corrected chi connectivity index (χ1v) is 20.5. The zero-order chi connectivity index (χ0) is 49.1. The zero-order valence-electron chi connectivity index (χ0n) is 42.0. The van der Waals surface area contributed by atoms with Crippen LogP contribution in [0.25, 0.3) is 83.2 Å². The summed E-state index contributed by atoms with van der Waals surface area (Å²) in [5, 5.41) is 1.71. The van der Waals surface area contributed by atoms with Crippen molar-refractivity contribution in [2.24, 2.45) is 0 Å². The van der Waals surface area contributed by atoms with E-state index in [9.17, 15) is 11.0 Å². The van der Waals surface area contributed by atoms with E-state index in [4.69, 9.17) is 4.98 Å². The number of pyridine rings is 4. The minimum Gasteiger partial charge on any atom is -0.341 e. The van der Waals surface area contributed by atoms with Crippen LogP contribution in [-0.4, -0.2) is 24.3 Å². The molecule has 0 bridgehead atoms. The van der Waals surface area contributed by atoms with E-state index in [2.05, 4.69) is 45.3 Å². The van der Waals surface area contributed by atoms with E-state index in [1.165, 1.54) is 42.5 Å². The van der Waals surface area contributed by atoms with Crippen molar-refractivity contribution in [2.75, 3.05) is 0 Å². The summed E-state index contributed by atoms with van der Waals surface area (Å²) < 4.78 is 78.2. The van der Waals surface area contributed by atoms with E-state index in [-0.39, 0.29) is 42.4 Å². The van der Waals surface area contributed by atoms with E-state index in [1.807, 2.05) is 83.4 Å². The third-order valence-electron chi connectivity index (χ3n) is 11.0. The fourth-order valence-electron chi connectivity index (χ4n) is 8.03. The Labute approximate surface area is 397 Å². The summed E-state index contributed by atoms with van der Waals surface area (Å²) in [4.78, 5) is 18.2. The molecule has 0 aliphatic heterocycles. The van der Waals surface area contributed by atoms with Crippen molar-refractivity contribution in [3.8, 4) is 55.9 Å². The third kappa shape index (κ3) is 8.18. The first-order chi connectivity index (χ1) is 34.2. The third-order valence-corrected chi connectivity index (χ3v) is 11.0. The molecule has 0 fully saturated rings. The van der Waals surface area contributed by atoms with Crippen LogP contribution in [0.15, 0.2) is 195 Å². The largest absolute Gasteiger partial charge is 3.00 e. The van der Waals surface area contributed by atoms with Crippen LogP contribution in [0.1, 0.15) is 33.2 Å². The monoisotopic (exact) mass is 1010 g/mol. The van der Waals surface area contributed by atoms with E-state index in [0.29, 0.717) is 39.2 Å². The van der Waals surface area contributed by atoms with Gasteiger partial charge in [0.25, 0.3) is 0 Å². The summed E-state index contributed by atoms with van der Waals surface area (Å²) in [5.41, 5.74) is 8.90. The number of fused-ring (bicyclic) bond motifs is 6. The van der Waals surface area contributed by atoms with Crippen molar-refractivity contribution < 1.29 is 31.1 Å². The van der Waals surface area contributed by atoms with Gasteiger partial charge in [-0.15, -0.1) is 94.4 Å². The van der Waals surface area contributed by atoms with Crippen LogP contribution in [0.5, 0.6) is 0 Å². The van der Waals surface area contributed by atoms with Gasteiger partial charge in [0.1, 0.15) is 0 Å². The SMILES string of the molecule is [2H]C([2H])(c1c[c-]c(-c2ccccn2)cc1)C([2H])([2H])c1cc(-c2ccccc2-c2c[c-]c3c4nccc(-c5ccccc5)c4c4cncn4c3c2)cc(C([2H])([2H])C([2H])([2H])c2c[c-]c(-c3ccccn3)cc2)c1.[Ir+3]. The molecule has 0 radical (unpaired) electrons. The summed E-state index contributed by atoms with van der Waals surface area (Å²) in [6.07, 6.45) is -2.31. The van der Waals surface area contributed by atoms with Crippen molar-refractivity contribution in [2.45, 2.75) is 25.5 Å². The Morgan fingerprint density at radius 1 is 0.469 bits per heavy atom. The Bertz CT molecular complexity index is 3640. The molecule has 6 aromatic carbocycles. The van der Waals surface area contributed by atoms with Gasteiger partial charge in [-0.25, -0.2) is 4.98 Å². The minimum absolute atomic E-state index is 0. The molecule has 306 valence electrons. The molecule has 64 heavy (non-hydrogen) atoms. The van der Waals surface area contributed by atoms with Gasteiger partial charge in [-0.05, 0) is 92.1 Å². The van der Waals surface area contributed by atoms with E-state index in [1.54, 1.807) is 61.3 Å². The maximum atomic E-state index is 9.64. The number of aromatic nitrogens is 5. The first kappa shape index (κ1) is 32.3.